The summed E-state index contributed by atoms with van der Waals surface area (Å²) >= 11 is 0. The Kier molecular flexibility index (Phi) is 2.88. The summed E-state index contributed by atoms with van der Waals surface area (Å²) in [6.07, 6.45) is 0.877. The zero-order valence-corrected chi connectivity index (χ0v) is 10.2. The van der Waals surface area contributed by atoms with E-state index in [4.69, 9.17) is 9.26 Å². The van der Waals surface area contributed by atoms with Gasteiger partial charge < -0.3 is 14.6 Å². The van der Waals surface area contributed by atoms with Crippen LogP contribution in [0.3, 0.4) is 0 Å². The van der Waals surface area contributed by atoms with E-state index in [0.717, 1.165) is 30.1 Å². The lowest BCUT2D eigenvalue weighted by Gasteiger charge is -2.23. The van der Waals surface area contributed by atoms with Gasteiger partial charge in [-0.2, -0.15) is 4.98 Å². The van der Waals surface area contributed by atoms with Crippen molar-refractivity contribution in [3.05, 3.63) is 35.7 Å². The number of nitrogens with zero attached hydrogens (tertiary/aromatic N) is 2. The fourth-order valence-electron chi connectivity index (χ4n) is 2.21. The molecule has 0 radical (unpaired) electrons. The lowest BCUT2D eigenvalue weighted by Crippen LogP contribution is -2.16. The van der Waals surface area contributed by atoms with Crippen LogP contribution in [0.1, 0.15) is 30.7 Å². The van der Waals surface area contributed by atoms with E-state index < -0.39 is 0 Å². The summed E-state index contributed by atoms with van der Waals surface area (Å²) in [6.45, 7) is 3.45. The summed E-state index contributed by atoms with van der Waals surface area (Å²) in [4.78, 5) is 4.38. The highest BCUT2D eigenvalue weighted by Crippen LogP contribution is 2.36. The van der Waals surface area contributed by atoms with Crippen LogP contribution < -0.4 is 10.1 Å². The number of para-hydroxylation sites is 1. The Morgan fingerprint density at radius 1 is 1.39 bits per heavy atom. The Morgan fingerprint density at radius 2 is 2.28 bits per heavy atom. The van der Waals surface area contributed by atoms with Crippen LogP contribution in [0.5, 0.6) is 5.75 Å². The molecule has 1 unspecified atom stereocenters. The van der Waals surface area contributed by atoms with Crippen molar-refractivity contribution in [2.24, 2.45) is 0 Å². The van der Waals surface area contributed by atoms with E-state index in [-0.39, 0.29) is 5.92 Å². The molecular weight excluding hydrogens is 230 g/mol. The Balaban J connectivity index is 1.92. The van der Waals surface area contributed by atoms with Crippen LogP contribution in [0.2, 0.25) is 0 Å². The maximum absolute atomic E-state index is 5.63. The maximum atomic E-state index is 5.63. The van der Waals surface area contributed by atoms with Crippen LogP contribution in [0.25, 0.3) is 0 Å². The van der Waals surface area contributed by atoms with Gasteiger partial charge in [-0.05, 0) is 19.4 Å². The van der Waals surface area contributed by atoms with Gasteiger partial charge in [0.1, 0.15) is 5.75 Å². The van der Waals surface area contributed by atoms with Gasteiger partial charge in [0.2, 0.25) is 0 Å². The van der Waals surface area contributed by atoms with Crippen molar-refractivity contribution in [3.63, 3.8) is 0 Å². The molecule has 3 rings (SSSR count). The monoisotopic (exact) mass is 245 g/mol. The predicted molar refractivity (Wildman–Crippen MR) is 66.9 cm³/mol. The second-order valence-corrected chi connectivity index (χ2v) is 4.22. The molecule has 0 saturated heterocycles. The van der Waals surface area contributed by atoms with E-state index in [1.807, 2.05) is 25.1 Å². The van der Waals surface area contributed by atoms with Crippen molar-refractivity contribution in [1.82, 2.24) is 10.1 Å². The normalized spacial score (nSPS) is 17.9. The van der Waals surface area contributed by atoms with E-state index in [2.05, 4.69) is 21.5 Å². The Labute approximate surface area is 105 Å². The summed E-state index contributed by atoms with van der Waals surface area (Å²) in [5, 5.41) is 7.07. The van der Waals surface area contributed by atoms with E-state index >= 15 is 0 Å². The van der Waals surface area contributed by atoms with Crippen LogP contribution in [-0.4, -0.2) is 23.3 Å². The Bertz CT molecular complexity index is 539. The highest BCUT2D eigenvalue weighted by molar-refractivity contribution is 5.41. The highest BCUT2D eigenvalue weighted by atomic mass is 16.5. The lowest BCUT2D eigenvalue weighted by atomic mass is 9.92. The Morgan fingerprint density at radius 3 is 3.17 bits per heavy atom. The van der Waals surface area contributed by atoms with Gasteiger partial charge >= 0.3 is 6.01 Å². The van der Waals surface area contributed by atoms with E-state index in [0.29, 0.717) is 12.6 Å². The maximum Gasteiger partial charge on any atom is 0.321 e. The smallest absolute Gasteiger partial charge is 0.321 e. The summed E-state index contributed by atoms with van der Waals surface area (Å²) < 4.78 is 10.8. The van der Waals surface area contributed by atoms with Crippen LogP contribution in [0.15, 0.2) is 28.8 Å². The number of rotatable bonds is 3. The topological polar surface area (TPSA) is 60.2 Å². The third-order valence-electron chi connectivity index (χ3n) is 3.04. The molecule has 1 aromatic carbocycles. The number of nitrogens with one attached hydrogen (secondary N) is 1. The highest BCUT2D eigenvalue weighted by Gasteiger charge is 2.26. The molecule has 0 fully saturated rings. The molecule has 0 saturated carbocycles. The first-order chi connectivity index (χ1) is 8.88. The molecule has 2 aromatic rings. The molecule has 5 heteroatoms. The number of ether oxygens (including phenoxy) is 1. The summed E-state index contributed by atoms with van der Waals surface area (Å²) in [5.41, 5.74) is 1.13. The minimum absolute atomic E-state index is 0.158. The molecule has 1 aliphatic rings. The van der Waals surface area contributed by atoms with Crippen LogP contribution in [0.4, 0.5) is 6.01 Å². The number of anilines is 1. The van der Waals surface area contributed by atoms with E-state index in [1.165, 1.54) is 0 Å². The lowest BCUT2D eigenvalue weighted by molar-refractivity contribution is 0.272. The van der Waals surface area contributed by atoms with Crippen molar-refractivity contribution < 1.29 is 9.26 Å². The van der Waals surface area contributed by atoms with Gasteiger partial charge in [-0.15, -0.1) is 0 Å². The third-order valence-corrected chi connectivity index (χ3v) is 3.04. The van der Waals surface area contributed by atoms with Gasteiger partial charge in [0, 0.05) is 12.1 Å². The first-order valence-electron chi connectivity index (χ1n) is 6.17. The second kappa shape index (κ2) is 4.68. The number of fused-ring (bicyclic) bond motifs is 1. The molecule has 1 aromatic heterocycles. The average Bonchev–Trinajstić information content (AvgIpc) is 2.87. The van der Waals surface area contributed by atoms with Crippen molar-refractivity contribution in [2.45, 2.75) is 19.3 Å². The molecular formula is C13H15N3O2. The first kappa shape index (κ1) is 11.1. The molecule has 1 N–H and O–H groups in total. The SMILES string of the molecule is CCNc1nc(C2CCOc3ccccc32)no1. The van der Waals surface area contributed by atoms with Crippen LogP contribution in [-0.2, 0) is 0 Å². The van der Waals surface area contributed by atoms with Gasteiger partial charge in [0.25, 0.3) is 0 Å². The molecule has 1 atom stereocenters. The summed E-state index contributed by atoms with van der Waals surface area (Å²) in [7, 11) is 0. The zero-order chi connectivity index (χ0) is 12.4. The van der Waals surface area contributed by atoms with E-state index in [9.17, 15) is 0 Å². The number of hydrogen-bond donors (Lipinski definition) is 1. The molecule has 0 aliphatic carbocycles. The van der Waals surface area contributed by atoms with Crippen molar-refractivity contribution in [2.75, 3.05) is 18.5 Å². The zero-order valence-electron chi connectivity index (χ0n) is 10.2. The number of hydrogen-bond acceptors (Lipinski definition) is 5. The minimum atomic E-state index is 0.158. The summed E-state index contributed by atoms with van der Waals surface area (Å²) in [5.74, 6) is 1.80. The van der Waals surface area contributed by atoms with Crippen molar-refractivity contribution in [3.8, 4) is 5.75 Å². The number of aromatic nitrogens is 2. The largest absolute Gasteiger partial charge is 0.493 e. The average molecular weight is 245 g/mol. The molecule has 0 spiro atoms. The van der Waals surface area contributed by atoms with Gasteiger partial charge in [-0.3, -0.25) is 0 Å². The molecule has 0 bridgehead atoms. The van der Waals surface area contributed by atoms with Gasteiger partial charge in [0.15, 0.2) is 5.82 Å². The Hall–Kier alpha value is -2.04. The standard InChI is InChI=1S/C13H15N3O2/c1-2-14-13-15-12(16-18-13)10-7-8-17-11-6-4-3-5-9(10)11/h3-6,10H,2,7-8H2,1H3,(H,14,15,16). The quantitative estimate of drug-likeness (QED) is 0.899. The molecule has 94 valence electrons. The van der Waals surface area contributed by atoms with Crippen LogP contribution in [0, 0.1) is 0 Å². The van der Waals surface area contributed by atoms with Gasteiger partial charge in [-0.25, -0.2) is 0 Å². The molecule has 2 heterocycles. The minimum Gasteiger partial charge on any atom is -0.493 e. The molecule has 18 heavy (non-hydrogen) atoms. The van der Waals surface area contributed by atoms with E-state index in [1.54, 1.807) is 0 Å². The van der Waals surface area contributed by atoms with Crippen LogP contribution >= 0.6 is 0 Å². The predicted octanol–water partition coefficient (Wildman–Crippen LogP) is 2.42. The summed E-state index contributed by atoms with van der Waals surface area (Å²) in [6, 6.07) is 8.50. The fourth-order valence-corrected chi connectivity index (χ4v) is 2.21. The molecule has 5 nitrogen and oxygen atoms in total. The first-order valence-corrected chi connectivity index (χ1v) is 6.17. The van der Waals surface area contributed by atoms with Gasteiger partial charge in [0.05, 0.1) is 12.5 Å². The third kappa shape index (κ3) is 1.92. The molecule has 1 aliphatic heterocycles. The van der Waals surface area contributed by atoms with Crippen molar-refractivity contribution in [1.29, 1.82) is 0 Å². The fraction of sp³-hybridized carbons (Fsp3) is 0.385. The molecule has 0 amide bonds. The number of benzene rings is 1. The van der Waals surface area contributed by atoms with Gasteiger partial charge in [-0.1, -0.05) is 23.4 Å². The van der Waals surface area contributed by atoms with Crippen molar-refractivity contribution >= 4 is 6.01 Å². The second-order valence-electron chi connectivity index (χ2n) is 4.22.